The van der Waals surface area contributed by atoms with E-state index in [2.05, 4.69) is 0 Å². The molecule has 0 aliphatic heterocycles. The summed E-state index contributed by atoms with van der Waals surface area (Å²) in [4.78, 5) is 0.174. The normalized spacial score (nSPS) is 13.5. The van der Waals surface area contributed by atoms with Gasteiger partial charge in [0, 0.05) is 7.05 Å². The molecule has 0 spiro atoms. The first-order valence-electron chi connectivity index (χ1n) is 5.60. The highest BCUT2D eigenvalue weighted by Gasteiger charge is 2.22. The number of sulfonamides is 1. The number of benzene rings is 1. The smallest absolute Gasteiger partial charge is 0.214 e. The second kappa shape index (κ2) is 6.26. The lowest BCUT2D eigenvalue weighted by Gasteiger charge is -2.19. The zero-order chi connectivity index (χ0) is 13.8. The Kier molecular flexibility index (Phi) is 5.25. The van der Waals surface area contributed by atoms with Gasteiger partial charge in [-0.2, -0.15) is 4.31 Å². The Bertz CT molecular complexity index is 500. The van der Waals surface area contributed by atoms with Gasteiger partial charge in [0.15, 0.2) is 0 Å². The summed E-state index contributed by atoms with van der Waals surface area (Å²) in [7, 11) is -1.84. The standard InChI is InChI=1S/C12H18N2O2S2/c1-10(11-6-4-3-5-7-11)9-18(15,16)14(2)8-12(13)17/h3-7,10H,8-9H2,1-2H3,(H2,13,17). The van der Waals surface area contributed by atoms with Crippen LogP contribution in [0.25, 0.3) is 0 Å². The maximum Gasteiger partial charge on any atom is 0.214 e. The topological polar surface area (TPSA) is 63.4 Å². The number of nitrogens with two attached hydrogens (primary N) is 1. The third-order valence-corrected chi connectivity index (χ3v) is 4.81. The molecule has 0 bridgehead atoms. The highest BCUT2D eigenvalue weighted by Crippen LogP contribution is 2.18. The van der Waals surface area contributed by atoms with Gasteiger partial charge in [0.05, 0.1) is 17.3 Å². The highest BCUT2D eigenvalue weighted by molar-refractivity contribution is 7.89. The molecule has 1 unspecified atom stereocenters. The van der Waals surface area contributed by atoms with Gasteiger partial charge in [0.2, 0.25) is 10.0 Å². The molecule has 0 saturated heterocycles. The summed E-state index contributed by atoms with van der Waals surface area (Å²) in [6, 6.07) is 9.56. The molecule has 100 valence electrons. The number of thiocarbonyl (C=S) groups is 1. The molecule has 2 N–H and O–H groups in total. The molecular weight excluding hydrogens is 268 g/mol. The quantitative estimate of drug-likeness (QED) is 0.802. The first kappa shape index (κ1) is 15.1. The first-order chi connectivity index (χ1) is 8.33. The van der Waals surface area contributed by atoms with Crippen LogP contribution in [-0.4, -0.2) is 37.1 Å². The summed E-state index contributed by atoms with van der Waals surface area (Å²) in [5.41, 5.74) is 6.36. The van der Waals surface area contributed by atoms with Crippen LogP contribution in [-0.2, 0) is 10.0 Å². The van der Waals surface area contributed by atoms with E-state index in [1.165, 1.54) is 11.4 Å². The Morgan fingerprint density at radius 3 is 2.44 bits per heavy atom. The maximum absolute atomic E-state index is 12.1. The third kappa shape index (κ3) is 4.36. The predicted octanol–water partition coefficient (Wildman–Crippen LogP) is 1.34. The van der Waals surface area contributed by atoms with Crippen LogP contribution >= 0.6 is 12.2 Å². The molecule has 0 heterocycles. The Morgan fingerprint density at radius 2 is 1.94 bits per heavy atom. The monoisotopic (exact) mass is 286 g/mol. The maximum atomic E-state index is 12.1. The van der Waals surface area contributed by atoms with Crippen molar-refractivity contribution in [2.45, 2.75) is 12.8 Å². The van der Waals surface area contributed by atoms with E-state index in [-0.39, 0.29) is 23.2 Å². The molecule has 0 amide bonds. The van der Waals surface area contributed by atoms with Crippen molar-refractivity contribution < 1.29 is 8.42 Å². The Hall–Kier alpha value is -0.980. The fourth-order valence-electron chi connectivity index (χ4n) is 1.64. The lowest BCUT2D eigenvalue weighted by Crippen LogP contribution is -2.36. The van der Waals surface area contributed by atoms with E-state index in [0.29, 0.717) is 0 Å². The number of rotatable bonds is 6. The number of hydrogen-bond donors (Lipinski definition) is 1. The fraction of sp³-hybridized carbons (Fsp3) is 0.417. The Balaban J connectivity index is 2.74. The van der Waals surface area contributed by atoms with E-state index in [4.69, 9.17) is 18.0 Å². The molecule has 0 fully saturated rings. The lowest BCUT2D eigenvalue weighted by molar-refractivity contribution is 0.502. The molecule has 0 aliphatic carbocycles. The molecule has 1 rings (SSSR count). The van der Waals surface area contributed by atoms with E-state index in [1.807, 2.05) is 37.3 Å². The largest absolute Gasteiger partial charge is 0.392 e. The average Bonchev–Trinajstić information content (AvgIpc) is 2.28. The van der Waals surface area contributed by atoms with Gasteiger partial charge < -0.3 is 5.73 Å². The summed E-state index contributed by atoms with van der Waals surface area (Å²) < 4.78 is 25.3. The molecule has 1 aromatic rings. The van der Waals surface area contributed by atoms with Gasteiger partial charge in [-0.15, -0.1) is 0 Å². The van der Waals surface area contributed by atoms with Crippen molar-refractivity contribution in [3.8, 4) is 0 Å². The van der Waals surface area contributed by atoms with Crippen molar-refractivity contribution in [3.05, 3.63) is 35.9 Å². The zero-order valence-electron chi connectivity index (χ0n) is 10.5. The van der Waals surface area contributed by atoms with Gasteiger partial charge in [0.1, 0.15) is 0 Å². The lowest BCUT2D eigenvalue weighted by atomic mass is 10.0. The number of nitrogens with zero attached hydrogens (tertiary/aromatic N) is 1. The van der Waals surface area contributed by atoms with Gasteiger partial charge in [-0.25, -0.2) is 8.42 Å². The van der Waals surface area contributed by atoms with Crippen molar-refractivity contribution in [3.63, 3.8) is 0 Å². The van der Waals surface area contributed by atoms with Crippen LogP contribution in [0.3, 0.4) is 0 Å². The molecule has 0 aromatic heterocycles. The molecule has 0 aliphatic rings. The number of hydrogen-bond acceptors (Lipinski definition) is 3. The van der Waals surface area contributed by atoms with Crippen LogP contribution < -0.4 is 5.73 Å². The SMILES string of the molecule is CC(CS(=O)(=O)N(C)CC(N)=S)c1ccccc1. The Morgan fingerprint density at radius 1 is 1.39 bits per heavy atom. The third-order valence-electron chi connectivity index (χ3n) is 2.68. The zero-order valence-corrected chi connectivity index (χ0v) is 12.2. The molecule has 1 aromatic carbocycles. The van der Waals surface area contributed by atoms with Crippen LogP contribution in [0.2, 0.25) is 0 Å². The molecule has 4 nitrogen and oxygen atoms in total. The van der Waals surface area contributed by atoms with E-state index >= 15 is 0 Å². The second-order valence-electron chi connectivity index (χ2n) is 4.31. The molecule has 0 radical (unpaired) electrons. The van der Waals surface area contributed by atoms with Crippen LogP contribution in [0.4, 0.5) is 0 Å². The fourth-order valence-corrected chi connectivity index (χ4v) is 3.33. The molecule has 1 atom stereocenters. The van der Waals surface area contributed by atoms with E-state index < -0.39 is 10.0 Å². The van der Waals surface area contributed by atoms with Crippen molar-refractivity contribution in [1.82, 2.24) is 4.31 Å². The van der Waals surface area contributed by atoms with Crippen molar-refractivity contribution in [2.75, 3.05) is 19.3 Å². The minimum atomic E-state index is -3.34. The van der Waals surface area contributed by atoms with Crippen molar-refractivity contribution in [1.29, 1.82) is 0 Å². The minimum Gasteiger partial charge on any atom is -0.392 e. The minimum absolute atomic E-state index is 0.0517. The summed E-state index contributed by atoms with van der Waals surface area (Å²) >= 11 is 4.72. The number of likely N-dealkylation sites (N-methyl/N-ethyl adjacent to an activating group) is 1. The van der Waals surface area contributed by atoms with Gasteiger partial charge in [-0.3, -0.25) is 0 Å². The van der Waals surface area contributed by atoms with E-state index in [9.17, 15) is 8.42 Å². The molecular formula is C12H18N2O2S2. The van der Waals surface area contributed by atoms with Crippen LogP contribution in [0, 0.1) is 0 Å². The molecule has 18 heavy (non-hydrogen) atoms. The van der Waals surface area contributed by atoms with Crippen molar-refractivity contribution in [2.24, 2.45) is 5.73 Å². The van der Waals surface area contributed by atoms with E-state index in [0.717, 1.165) is 5.56 Å². The first-order valence-corrected chi connectivity index (χ1v) is 7.62. The summed E-state index contributed by atoms with van der Waals surface area (Å²) in [5, 5.41) is 0. The van der Waals surface area contributed by atoms with Gasteiger partial charge in [0.25, 0.3) is 0 Å². The van der Waals surface area contributed by atoms with Crippen molar-refractivity contribution >= 4 is 27.2 Å². The van der Waals surface area contributed by atoms with E-state index in [1.54, 1.807) is 0 Å². The van der Waals surface area contributed by atoms with Crippen LogP contribution in [0.5, 0.6) is 0 Å². The van der Waals surface area contributed by atoms with Gasteiger partial charge in [-0.05, 0) is 11.5 Å². The van der Waals surface area contributed by atoms with Crippen LogP contribution in [0.1, 0.15) is 18.4 Å². The highest BCUT2D eigenvalue weighted by atomic mass is 32.2. The molecule has 0 saturated carbocycles. The molecule has 6 heteroatoms. The summed E-state index contributed by atoms with van der Waals surface area (Å²) in [5.74, 6) is -0.0131. The second-order valence-corrected chi connectivity index (χ2v) is 6.96. The average molecular weight is 286 g/mol. The summed E-state index contributed by atoms with van der Waals surface area (Å²) in [6.45, 7) is 1.97. The Labute approximate surface area is 114 Å². The van der Waals surface area contributed by atoms with Gasteiger partial charge in [-0.1, -0.05) is 49.5 Å². The summed E-state index contributed by atoms with van der Waals surface area (Å²) in [6.07, 6.45) is 0. The van der Waals surface area contributed by atoms with Crippen LogP contribution in [0.15, 0.2) is 30.3 Å². The van der Waals surface area contributed by atoms with Gasteiger partial charge >= 0.3 is 0 Å². The predicted molar refractivity (Wildman–Crippen MR) is 78.1 cm³/mol.